The highest BCUT2D eigenvalue weighted by Gasteiger charge is 2.03. The number of benzene rings is 1. The maximum atomic E-state index is 10.6. The number of hydrogen-bond acceptors (Lipinski definition) is 5. The topological polar surface area (TPSA) is 85.5 Å². The summed E-state index contributed by atoms with van der Waals surface area (Å²) in [6.45, 7) is 0.468. The fourth-order valence-electron chi connectivity index (χ4n) is 1.88. The Bertz CT molecular complexity index is 731. The van der Waals surface area contributed by atoms with Gasteiger partial charge in [0.05, 0.1) is 27.6 Å². The summed E-state index contributed by atoms with van der Waals surface area (Å²) in [4.78, 5) is 0. The predicted octanol–water partition coefficient (Wildman–Crippen LogP) is 1.36. The minimum atomic E-state index is -4.15. The Hall–Kier alpha value is -2.25. The second-order valence-corrected chi connectivity index (χ2v) is 6.25. The Balaban J connectivity index is 1.91. The van der Waals surface area contributed by atoms with E-state index >= 15 is 0 Å². The second kappa shape index (κ2) is 7.67. The average Bonchev–Trinajstić information content (AvgIpc) is 2.47. The number of anilines is 1. The number of aromatic nitrogens is 1. The molecule has 2 aromatic rings. The molecule has 0 bridgehead atoms. The van der Waals surface area contributed by atoms with Gasteiger partial charge in [-0.15, -0.1) is 0 Å². The van der Waals surface area contributed by atoms with Crippen LogP contribution >= 0.6 is 0 Å². The summed E-state index contributed by atoms with van der Waals surface area (Å²) >= 11 is 0. The lowest BCUT2D eigenvalue weighted by Gasteiger charge is -2.04. The number of nitrogens with zero attached hydrogens (tertiary/aromatic N) is 2. The van der Waals surface area contributed by atoms with Crippen molar-refractivity contribution in [3.63, 3.8) is 0 Å². The van der Waals surface area contributed by atoms with Crippen LogP contribution in [-0.4, -0.2) is 24.9 Å². The van der Waals surface area contributed by atoms with Crippen molar-refractivity contribution in [1.82, 2.24) is 0 Å². The van der Waals surface area contributed by atoms with Gasteiger partial charge in [-0.25, -0.2) is 13.0 Å². The zero-order valence-corrected chi connectivity index (χ0v) is 12.7. The SMILES string of the molecule is O=S(=O)([O-])CCC[n+]1cccc(C=NNc2ccccc2)c1. The quantitative estimate of drug-likeness (QED) is 0.361. The molecule has 6 nitrogen and oxygen atoms in total. The van der Waals surface area contributed by atoms with E-state index in [2.05, 4.69) is 10.5 Å². The largest absolute Gasteiger partial charge is 0.748 e. The highest BCUT2D eigenvalue weighted by Crippen LogP contribution is 2.04. The minimum absolute atomic E-state index is 0.291. The summed E-state index contributed by atoms with van der Waals surface area (Å²) in [6, 6.07) is 13.3. The molecule has 22 heavy (non-hydrogen) atoms. The maximum absolute atomic E-state index is 10.6. The number of rotatable bonds is 7. The first kappa shape index (κ1) is 16.1. The van der Waals surface area contributed by atoms with Crippen LogP contribution in [0.25, 0.3) is 0 Å². The summed E-state index contributed by atoms with van der Waals surface area (Å²) in [5, 5.41) is 4.14. The standard InChI is InChI=1S/C15H17N3O3S/c19-22(20,21)11-5-10-18-9-4-6-14(13-18)12-16-17-15-7-2-1-3-8-15/h1-4,6-9,12-13,17H,5,10-11H2. The van der Waals surface area contributed by atoms with Gasteiger partial charge in [0.15, 0.2) is 12.4 Å². The summed E-state index contributed by atoms with van der Waals surface area (Å²) in [5.74, 6) is -0.353. The fourth-order valence-corrected chi connectivity index (χ4v) is 2.36. The molecule has 0 aliphatic heterocycles. The van der Waals surface area contributed by atoms with Gasteiger partial charge in [-0.3, -0.25) is 5.43 Å². The van der Waals surface area contributed by atoms with E-state index in [1.165, 1.54) is 0 Å². The van der Waals surface area contributed by atoms with Gasteiger partial charge in [-0.05, 0) is 18.2 Å². The van der Waals surface area contributed by atoms with Crippen LogP contribution in [0.5, 0.6) is 0 Å². The Labute approximate surface area is 129 Å². The van der Waals surface area contributed by atoms with Gasteiger partial charge < -0.3 is 4.55 Å². The zero-order chi connectivity index (χ0) is 15.8. The Morgan fingerprint density at radius 3 is 2.68 bits per heavy atom. The van der Waals surface area contributed by atoms with E-state index in [0.29, 0.717) is 13.0 Å². The van der Waals surface area contributed by atoms with Crippen molar-refractivity contribution in [2.45, 2.75) is 13.0 Å². The van der Waals surface area contributed by atoms with Gasteiger partial charge >= 0.3 is 0 Å². The molecule has 0 radical (unpaired) electrons. The molecule has 0 unspecified atom stereocenters. The van der Waals surface area contributed by atoms with Crippen molar-refractivity contribution in [2.75, 3.05) is 11.2 Å². The normalized spacial score (nSPS) is 11.7. The molecule has 0 atom stereocenters. The molecule has 1 heterocycles. The lowest BCUT2D eigenvalue weighted by Crippen LogP contribution is -2.34. The lowest BCUT2D eigenvalue weighted by atomic mass is 10.3. The van der Waals surface area contributed by atoms with Crippen molar-refractivity contribution >= 4 is 22.0 Å². The van der Waals surface area contributed by atoms with Gasteiger partial charge in [-0.1, -0.05) is 18.2 Å². The molecule has 0 saturated carbocycles. The molecule has 1 N–H and O–H groups in total. The number of nitrogens with one attached hydrogen (secondary N) is 1. The first-order valence-corrected chi connectivity index (χ1v) is 8.37. The molecule has 0 saturated heterocycles. The average molecular weight is 319 g/mol. The predicted molar refractivity (Wildman–Crippen MR) is 83.5 cm³/mol. The minimum Gasteiger partial charge on any atom is -0.748 e. The van der Waals surface area contributed by atoms with Crippen LogP contribution in [0.2, 0.25) is 0 Å². The smallest absolute Gasteiger partial charge is 0.177 e. The summed E-state index contributed by atoms with van der Waals surface area (Å²) in [6.07, 6.45) is 5.63. The molecule has 0 amide bonds. The number of pyridine rings is 1. The molecule has 116 valence electrons. The molecular weight excluding hydrogens is 302 g/mol. The molecule has 0 spiro atoms. The van der Waals surface area contributed by atoms with Crippen molar-refractivity contribution in [1.29, 1.82) is 0 Å². The fraction of sp³-hybridized carbons (Fsp3) is 0.200. The molecule has 1 aromatic heterocycles. The summed E-state index contributed by atoms with van der Waals surface area (Å²) < 4.78 is 33.5. The van der Waals surface area contributed by atoms with Gasteiger partial charge in [-0.2, -0.15) is 5.10 Å². The molecule has 0 fully saturated rings. The molecule has 0 aliphatic carbocycles. The van der Waals surface area contributed by atoms with Gasteiger partial charge in [0.25, 0.3) is 0 Å². The molecular formula is C15H17N3O3S. The van der Waals surface area contributed by atoms with E-state index in [-0.39, 0.29) is 5.75 Å². The first-order chi connectivity index (χ1) is 10.5. The van der Waals surface area contributed by atoms with E-state index in [0.717, 1.165) is 11.3 Å². The summed E-state index contributed by atoms with van der Waals surface area (Å²) in [7, 11) is -4.15. The third-order valence-electron chi connectivity index (χ3n) is 2.87. The van der Waals surface area contributed by atoms with Crippen LogP contribution in [0, 0.1) is 0 Å². The van der Waals surface area contributed by atoms with Gasteiger partial charge in [0.1, 0.15) is 6.54 Å². The molecule has 0 aliphatic rings. The van der Waals surface area contributed by atoms with E-state index in [1.54, 1.807) is 6.21 Å². The summed E-state index contributed by atoms with van der Waals surface area (Å²) in [5.41, 5.74) is 4.68. The second-order valence-electron chi connectivity index (χ2n) is 4.73. The Morgan fingerprint density at radius 2 is 1.95 bits per heavy atom. The number of aryl methyl sites for hydroxylation is 1. The van der Waals surface area contributed by atoms with Crippen molar-refractivity contribution < 1.29 is 17.5 Å². The van der Waals surface area contributed by atoms with Crippen molar-refractivity contribution in [3.05, 3.63) is 60.4 Å². The van der Waals surface area contributed by atoms with Crippen LogP contribution in [0.1, 0.15) is 12.0 Å². The van der Waals surface area contributed by atoms with Crippen LogP contribution in [0.3, 0.4) is 0 Å². The molecule has 2 rings (SSSR count). The van der Waals surface area contributed by atoms with Gasteiger partial charge in [0.2, 0.25) is 0 Å². The monoisotopic (exact) mass is 319 g/mol. The zero-order valence-electron chi connectivity index (χ0n) is 11.9. The number of para-hydroxylation sites is 1. The maximum Gasteiger partial charge on any atom is 0.177 e. The highest BCUT2D eigenvalue weighted by atomic mass is 32.2. The molecule has 1 aromatic carbocycles. The first-order valence-electron chi connectivity index (χ1n) is 6.80. The van der Waals surface area contributed by atoms with E-state index in [1.807, 2.05) is 59.4 Å². The van der Waals surface area contributed by atoms with Crippen LogP contribution in [0.15, 0.2) is 60.0 Å². The van der Waals surface area contributed by atoms with Crippen LogP contribution < -0.4 is 9.99 Å². The number of hydrazone groups is 1. The third-order valence-corrected chi connectivity index (χ3v) is 3.66. The number of hydrogen-bond donors (Lipinski definition) is 1. The van der Waals surface area contributed by atoms with E-state index < -0.39 is 10.1 Å². The van der Waals surface area contributed by atoms with E-state index in [4.69, 9.17) is 0 Å². The Kier molecular flexibility index (Phi) is 5.62. The van der Waals surface area contributed by atoms with Crippen LogP contribution in [0.4, 0.5) is 5.69 Å². The highest BCUT2D eigenvalue weighted by molar-refractivity contribution is 7.85. The van der Waals surface area contributed by atoms with Gasteiger partial charge in [0, 0.05) is 18.2 Å². The van der Waals surface area contributed by atoms with Crippen molar-refractivity contribution in [3.8, 4) is 0 Å². The van der Waals surface area contributed by atoms with E-state index in [9.17, 15) is 13.0 Å². The van der Waals surface area contributed by atoms with Crippen molar-refractivity contribution in [2.24, 2.45) is 5.10 Å². The lowest BCUT2D eigenvalue weighted by molar-refractivity contribution is -0.696. The molecule has 7 heteroatoms. The Morgan fingerprint density at radius 1 is 1.18 bits per heavy atom. The van der Waals surface area contributed by atoms with Crippen LogP contribution in [-0.2, 0) is 16.7 Å². The third kappa shape index (κ3) is 6.02.